The number of halogens is 1. The fraction of sp³-hybridized carbons (Fsp3) is 0.0833. The molecule has 0 fully saturated rings. The minimum atomic E-state index is -0.471. The molecule has 1 heterocycles. The number of anilines is 1. The highest BCUT2D eigenvalue weighted by atomic mass is 19.1. The number of aryl methyl sites for hydroxylation is 1. The Kier molecular flexibility index (Phi) is 3.18. The number of rotatable bonds is 2. The van der Waals surface area contributed by atoms with Gasteiger partial charge in [-0.1, -0.05) is 0 Å². The van der Waals surface area contributed by atoms with Crippen molar-refractivity contribution < 1.29 is 9.18 Å². The van der Waals surface area contributed by atoms with Crippen LogP contribution in [0.4, 0.5) is 10.1 Å². The van der Waals surface area contributed by atoms with E-state index < -0.39 is 5.91 Å². The summed E-state index contributed by atoms with van der Waals surface area (Å²) in [5, 5.41) is 8.34. The van der Waals surface area contributed by atoms with Gasteiger partial charge in [0.2, 0.25) is 0 Å². The molecule has 5 nitrogen and oxygen atoms in total. The maximum atomic E-state index is 12.9. The molecule has 0 radical (unpaired) electrons. The largest absolute Gasteiger partial charge is 0.320 e. The van der Waals surface area contributed by atoms with Crippen molar-refractivity contribution in [2.75, 3.05) is 5.32 Å². The van der Waals surface area contributed by atoms with Gasteiger partial charge in [-0.3, -0.25) is 9.59 Å². The quantitative estimate of drug-likeness (QED) is 0.843. The van der Waals surface area contributed by atoms with Crippen LogP contribution in [0.2, 0.25) is 0 Å². The minimum absolute atomic E-state index is 0.0818. The van der Waals surface area contributed by atoms with Crippen LogP contribution in [0.5, 0.6) is 0 Å². The standard InChI is InChI=1S/C12H10FN3O2/c1-7-6-8(13)2-3-9(7)14-12(18)10-4-5-11(17)16-15-10/h2-6H,1H3,(H,14,18)(H,16,17). The summed E-state index contributed by atoms with van der Waals surface area (Å²) in [6, 6.07) is 6.56. The lowest BCUT2D eigenvalue weighted by Gasteiger charge is -2.07. The van der Waals surface area contributed by atoms with Gasteiger partial charge in [0.25, 0.3) is 11.5 Å². The van der Waals surface area contributed by atoms with Gasteiger partial charge in [0.1, 0.15) is 11.5 Å². The van der Waals surface area contributed by atoms with Gasteiger partial charge in [0, 0.05) is 11.8 Å². The average molecular weight is 247 g/mol. The van der Waals surface area contributed by atoms with Crippen molar-refractivity contribution in [1.82, 2.24) is 10.2 Å². The first-order valence-electron chi connectivity index (χ1n) is 5.19. The van der Waals surface area contributed by atoms with Crippen LogP contribution >= 0.6 is 0 Å². The molecule has 1 aromatic carbocycles. The van der Waals surface area contributed by atoms with Crippen LogP contribution in [-0.2, 0) is 0 Å². The van der Waals surface area contributed by atoms with Crippen molar-refractivity contribution in [3.63, 3.8) is 0 Å². The number of aromatic nitrogens is 2. The summed E-state index contributed by atoms with van der Waals surface area (Å²) < 4.78 is 12.9. The lowest BCUT2D eigenvalue weighted by Crippen LogP contribution is -2.18. The number of amides is 1. The highest BCUT2D eigenvalue weighted by Crippen LogP contribution is 2.16. The molecule has 1 amide bonds. The van der Waals surface area contributed by atoms with E-state index in [1.807, 2.05) is 0 Å². The fourth-order valence-corrected chi connectivity index (χ4v) is 1.42. The monoisotopic (exact) mass is 247 g/mol. The summed E-state index contributed by atoms with van der Waals surface area (Å²) in [5.41, 5.74) is 0.796. The zero-order chi connectivity index (χ0) is 13.1. The summed E-state index contributed by atoms with van der Waals surface area (Å²) in [6.45, 7) is 1.68. The molecule has 0 saturated carbocycles. The third kappa shape index (κ3) is 2.60. The summed E-state index contributed by atoms with van der Waals surface area (Å²) in [4.78, 5) is 22.6. The first-order chi connectivity index (χ1) is 8.56. The van der Waals surface area contributed by atoms with Crippen LogP contribution < -0.4 is 10.9 Å². The van der Waals surface area contributed by atoms with Crippen LogP contribution in [0.1, 0.15) is 16.1 Å². The van der Waals surface area contributed by atoms with Crippen LogP contribution in [0, 0.1) is 12.7 Å². The number of aromatic amines is 1. The minimum Gasteiger partial charge on any atom is -0.320 e. The van der Waals surface area contributed by atoms with E-state index >= 15 is 0 Å². The number of carbonyl (C=O) groups is 1. The molecule has 0 spiro atoms. The number of nitrogens with zero attached hydrogens (tertiary/aromatic N) is 1. The Hall–Kier alpha value is -2.50. The van der Waals surface area contributed by atoms with Crippen LogP contribution in [-0.4, -0.2) is 16.1 Å². The second-order valence-electron chi connectivity index (χ2n) is 3.72. The Morgan fingerprint density at radius 3 is 2.72 bits per heavy atom. The third-order valence-electron chi connectivity index (χ3n) is 2.35. The Labute approximate surface area is 102 Å². The van der Waals surface area contributed by atoms with E-state index in [0.29, 0.717) is 11.3 Å². The predicted octanol–water partition coefficient (Wildman–Crippen LogP) is 1.47. The van der Waals surface area contributed by atoms with Gasteiger partial charge >= 0.3 is 0 Å². The second-order valence-corrected chi connectivity index (χ2v) is 3.72. The smallest absolute Gasteiger partial charge is 0.276 e. The lowest BCUT2D eigenvalue weighted by atomic mass is 10.2. The van der Waals surface area contributed by atoms with Gasteiger partial charge in [-0.2, -0.15) is 5.10 Å². The molecular formula is C12H10FN3O2. The van der Waals surface area contributed by atoms with E-state index in [2.05, 4.69) is 15.5 Å². The van der Waals surface area contributed by atoms with E-state index in [9.17, 15) is 14.0 Å². The normalized spacial score (nSPS) is 10.1. The molecule has 92 valence electrons. The van der Waals surface area contributed by atoms with Gasteiger partial charge in [-0.05, 0) is 36.8 Å². The molecule has 1 aromatic heterocycles. The van der Waals surface area contributed by atoms with Crippen molar-refractivity contribution in [2.24, 2.45) is 0 Å². The van der Waals surface area contributed by atoms with Gasteiger partial charge in [0.15, 0.2) is 0 Å². The predicted molar refractivity (Wildman–Crippen MR) is 63.9 cm³/mol. The SMILES string of the molecule is Cc1cc(F)ccc1NC(=O)c1ccc(=O)[nH]n1. The molecule has 0 unspecified atom stereocenters. The summed E-state index contributed by atoms with van der Waals surface area (Å²) in [6.07, 6.45) is 0. The van der Waals surface area contributed by atoms with Crippen LogP contribution in [0.15, 0.2) is 35.1 Å². The van der Waals surface area contributed by atoms with E-state index in [1.54, 1.807) is 6.92 Å². The molecule has 0 aliphatic rings. The number of H-pyrrole nitrogens is 1. The molecule has 0 aliphatic carbocycles. The van der Waals surface area contributed by atoms with Gasteiger partial charge in [-0.15, -0.1) is 0 Å². The van der Waals surface area contributed by atoms with E-state index in [4.69, 9.17) is 0 Å². The Bertz CT molecular complexity index is 632. The third-order valence-corrected chi connectivity index (χ3v) is 2.35. The zero-order valence-electron chi connectivity index (χ0n) is 9.53. The van der Waals surface area contributed by atoms with E-state index in [-0.39, 0.29) is 17.1 Å². The van der Waals surface area contributed by atoms with Crippen molar-refractivity contribution in [3.8, 4) is 0 Å². The van der Waals surface area contributed by atoms with Gasteiger partial charge < -0.3 is 5.32 Å². The van der Waals surface area contributed by atoms with Crippen molar-refractivity contribution in [2.45, 2.75) is 6.92 Å². The van der Waals surface area contributed by atoms with E-state index in [1.165, 1.54) is 30.3 Å². The van der Waals surface area contributed by atoms with Crippen molar-refractivity contribution in [3.05, 3.63) is 57.8 Å². The summed E-state index contributed by atoms with van der Waals surface area (Å²) in [7, 11) is 0. The maximum absolute atomic E-state index is 12.9. The molecular weight excluding hydrogens is 237 g/mol. The highest BCUT2D eigenvalue weighted by Gasteiger charge is 2.09. The Morgan fingerprint density at radius 2 is 2.11 bits per heavy atom. The van der Waals surface area contributed by atoms with Crippen LogP contribution in [0.3, 0.4) is 0 Å². The average Bonchev–Trinajstić information content (AvgIpc) is 2.33. The molecule has 0 bridgehead atoms. The molecule has 0 atom stereocenters. The number of hydrogen-bond donors (Lipinski definition) is 2. The van der Waals surface area contributed by atoms with Crippen molar-refractivity contribution >= 4 is 11.6 Å². The number of hydrogen-bond acceptors (Lipinski definition) is 3. The Balaban J connectivity index is 2.21. The molecule has 18 heavy (non-hydrogen) atoms. The molecule has 0 saturated heterocycles. The number of benzene rings is 1. The second kappa shape index (κ2) is 4.79. The zero-order valence-corrected chi connectivity index (χ0v) is 9.53. The molecule has 0 aliphatic heterocycles. The first-order valence-corrected chi connectivity index (χ1v) is 5.19. The molecule has 2 aromatic rings. The molecule has 2 rings (SSSR count). The Morgan fingerprint density at radius 1 is 1.33 bits per heavy atom. The maximum Gasteiger partial charge on any atom is 0.276 e. The van der Waals surface area contributed by atoms with Crippen LogP contribution in [0.25, 0.3) is 0 Å². The van der Waals surface area contributed by atoms with Gasteiger partial charge in [0.05, 0.1) is 0 Å². The lowest BCUT2D eigenvalue weighted by molar-refractivity contribution is 0.102. The molecule has 6 heteroatoms. The number of carbonyl (C=O) groups excluding carboxylic acids is 1. The summed E-state index contributed by atoms with van der Waals surface area (Å²) >= 11 is 0. The topological polar surface area (TPSA) is 74.8 Å². The first kappa shape index (κ1) is 12.0. The van der Waals surface area contributed by atoms with E-state index in [0.717, 1.165) is 0 Å². The fourth-order valence-electron chi connectivity index (χ4n) is 1.42. The highest BCUT2D eigenvalue weighted by molar-refractivity contribution is 6.03. The van der Waals surface area contributed by atoms with Gasteiger partial charge in [-0.25, -0.2) is 9.49 Å². The molecule has 2 N–H and O–H groups in total. The summed E-state index contributed by atoms with van der Waals surface area (Å²) in [5.74, 6) is -0.839. The van der Waals surface area contributed by atoms with Crippen molar-refractivity contribution in [1.29, 1.82) is 0 Å². The number of nitrogens with one attached hydrogen (secondary N) is 2.